The molecule has 0 spiro atoms. The van der Waals surface area contributed by atoms with Gasteiger partial charge in [-0.25, -0.2) is 0 Å². The summed E-state index contributed by atoms with van der Waals surface area (Å²) in [5, 5.41) is 42.2. The summed E-state index contributed by atoms with van der Waals surface area (Å²) in [4.78, 5) is 16.8. The maximum atomic E-state index is 12.6. The summed E-state index contributed by atoms with van der Waals surface area (Å²) in [6, 6.07) is 14.2. The lowest BCUT2D eigenvalue weighted by atomic mass is 9.71. The van der Waals surface area contributed by atoms with Crippen LogP contribution in [-0.4, -0.2) is 26.8 Å². The molecular formula is C26H20ClN3O4. The number of carboxylic acid groups (broad SMARTS) is 1. The Hall–Kier alpha value is -3.91. The highest BCUT2D eigenvalue weighted by atomic mass is 35.5. The monoisotopic (exact) mass is 473 g/mol. The minimum atomic E-state index is -2.16. The summed E-state index contributed by atoms with van der Waals surface area (Å²) < 4.78 is 6.38. The first-order valence-electron chi connectivity index (χ1n) is 10.4. The molecule has 1 fully saturated rings. The van der Waals surface area contributed by atoms with E-state index in [1.54, 1.807) is 43.3 Å². The predicted molar refractivity (Wildman–Crippen MR) is 124 cm³/mol. The fourth-order valence-electron chi connectivity index (χ4n) is 5.18. The molecule has 1 saturated carbocycles. The molecule has 0 radical (unpaired) electrons. The Morgan fingerprint density at radius 2 is 2.00 bits per heavy atom. The molecule has 1 aromatic heterocycles. The second-order valence-electron chi connectivity index (χ2n) is 8.18. The van der Waals surface area contributed by atoms with E-state index in [-0.39, 0.29) is 22.0 Å². The van der Waals surface area contributed by atoms with Crippen molar-refractivity contribution in [2.75, 3.05) is 0 Å². The first-order valence-corrected chi connectivity index (χ1v) is 10.8. The minimum absolute atomic E-state index is 0.0224. The van der Waals surface area contributed by atoms with Gasteiger partial charge in [0.2, 0.25) is 0 Å². The summed E-state index contributed by atoms with van der Waals surface area (Å²) in [7, 11) is 0. The molecule has 0 bridgehead atoms. The highest BCUT2D eigenvalue weighted by molar-refractivity contribution is 6.30. The van der Waals surface area contributed by atoms with Gasteiger partial charge in [0.1, 0.15) is 11.4 Å². The number of carbonyl (C=O) groups is 1. The van der Waals surface area contributed by atoms with Crippen LogP contribution in [0.25, 0.3) is 0 Å². The van der Waals surface area contributed by atoms with E-state index in [4.69, 9.17) is 16.3 Å². The first kappa shape index (κ1) is 23.3. The van der Waals surface area contributed by atoms with Crippen LogP contribution in [0.3, 0.4) is 0 Å². The van der Waals surface area contributed by atoms with Gasteiger partial charge in [0.05, 0.1) is 29.0 Å². The van der Waals surface area contributed by atoms with Crippen LogP contribution >= 0.6 is 11.6 Å². The van der Waals surface area contributed by atoms with Gasteiger partial charge in [-0.05, 0) is 24.1 Å². The molecule has 0 amide bonds. The highest BCUT2D eigenvalue weighted by Gasteiger charge is 2.78. The molecule has 4 rings (SSSR count). The fraction of sp³-hybridized carbons (Fsp3) is 0.231. The lowest BCUT2D eigenvalue weighted by molar-refractivity contribution is -0.144. The van der Waals surface area contributed by atoms with Crippen LogP contribution in [-0.2, 0) is 10.4 Å². The Morgan fingerprint density at radius 3 is 2.59 bits per heavy atom. The molecular weight excluding hydrogens is 454 g/mol. The van der Waals surface area contributed by atoms with Crippen LogP contribution in [0.2, 0.25) is 5.02 Å². The van der Waals surface area contributed by atoms with Gasteiger partial charge < -0.3 is 14.9 Å². The van der Waals surface area contributed by atoms with Crippen LogP contribution in [0.15, 0.2) is 78.5 Å². The molecule has 0 unspecified atom stereocenters. The van der Waals surface area contributed by atoms with E-state index in [1.807, 2.05) is 12.1 Å². The molecule has 2 aromatic rings. The predicted octanol–water partition coefficient (Wildman–Crippen LogP) is 4.27. The van der Waals surface area contributed by atoms with E-state index in [1.165, 1.54) is 24.4 Å². The van der Waals surface area contributed by atoms with E-state index >= 15 is 0 Å². The van der Waals surface area contributed by atoms with Gasteiger partial charge in [0.25, 0.3) is 0 Å². The Kier molecular flexibility index (Phi) is 5.79. The van der Waals surface area contributed by atoms with Crippen molar-refractivity contribution in [2.45, 2.75) is 24.0 Å². The standard InChI is InChI=1S/C26H20ClN3O4/c1-3-16(12-28)10-9-15(2)26-22(17-7-5-4-6-8-17)21(24(31)32)19(13-29)25(26,33)23-20(34-26)11-18(27)14-30-23/h3-11,14,19,21-22,33H,2H2,1H3,(H,31,32)/b10-9-,16-3+/t19-,21-,22+,25+,26-/m0/s1. The first-order chi connectivity index (χ1) is 16.3. The number of fused-ring (bicyclic) bond motifs is 3. The number of nitriles is 2. The molecule has 2 N–H and O–H groups in total. The van der Waals surface area contributed by atoms with Crippen LogP contribution in [0.5, 0.6) is 5.75 Å². The largest absolute Gasteiger partial charge is 0.481 e. The smallest absolute Gasteiger partial charge is 0.308 e. The zero-order chi connectivity index (χ0) is 24.7. The van der Waals surface area contributed by atoms with Crippen molar-refractivity contribution in [2.24, 2.45) is 11.8 Å². The number of hydrogen-bond donors (Lipinski definition) is 2. The maximum Gasteiger partial charge on any atom is 0.308 e. The zero-order valence-electron chi connectivity index (χ0n) is 18.1. The third kappa shape index (κ3) is 3.06. The second kappa shape index (κ2) is 8.46. The number of allylic oxidation sites excluding steroid dienone is 3. The Balaban J connectivity index is 2.06. The number of aromatic nitrogens is 1. The van der Waals surface area contributed by atoms with Crippen molar-refractivity contribution in [3.8, 4) is 17.9 Å². The Bertz CT molecular complexity index is 1320. The molecule has 7 nitrogen and oxygen atoms in total. The van der Waals surface area contributed by atoms with Crippen LogP contribution in [0.1, 0.15) is 24.1 Å². The number of pyridine rings is 1. The number of halogens is 1. The fourth-order valence-corrected chi connectivity index (χ4v) is 5.33. The molecule has 34 heavy (non-hydrogen) atoms. The van der Waals surface area contributed by atoms with E-state index in [0.717, 1.165) is 0 Å². The van der Waals surface area contributed by atoms with Crippen molar-refractivity contribution < 1.29 is 19.7 Å². The quantitative estimate of drug-likeness (QED) is 0.490. The van der Waals surface area contributed by atoms with Crippen LogP contribution in [0, 0.1) is 34.5 Å². The summed E-state index contributed by atoms with van der Waals surface area (Å²) in [5.74, 6) is -4.90. The van der Waals surface area contributed by atoms with Crippen molar-refractivity contribution in [1.29, 1.82) is 10.5 Å². The average Bonchev–Trinajstić information content (AvgIpc) is 3.21. The summed E-state index contributed by atoms with van der Waals surface area (Å²) in [6.45, 7) is 5.83. The molecule has 1 aromatic carbocycles. The third-order valence-electron chi connectivity index (χ3n) is 6.59. The van der Waals surface area contributed by atoms with Gasteiger partial charge in [-0.15, -0.1) is 0 Å². The van der Waals surface area contributed by atoms with Crippen molar-refractivity contribution in [1.82, 2.24) is 4.98 Å². The third-order valence-corrected chi connectivity index (χ3v) is 6.79. The average molecular weight is 474 g/mol. The highest BCUT2D eigenvalue weighted by Crippen LogP contribution is 2.68. The van der Waals surface area contributed by atoms with Gasteiger partial charge in [-0.2, -0.15) is 10.5 Å². The van der Waals surface area contributed by atoms with Crippen molar-refractivity contribution >= 4 is 17.6 Å². The molecule has 2 aliphatic rings. The summed E-state index contributed by atoms with van der Waals surface area (Å²) in [5.41, 5.74) is -2.87. The van der Waals surface area contributed by atoms with E-state index in [2.05, 4.69) is 11.6 Å². The molecule has 1 aliphatic carbocycles. The normalized spacial score (nSPS) is 29.6. The van der Waals surface area contributed by atoms with E-state index in [9.17, 15) is 25.5 Å². The maximum absolute atomic E-state index is 12.6. The van der Waals surface area contributed by atoms with E-state index in [0.29, 0.717) is 11.1 Å². The Labute approximate surface area is 201 Å². The summed E-state index contributed by atoms with van der Waals surface area (Å²) >= 11 is 6.13. The lowest BCUT2D eigenvalue weighted by Gasteiger charge is -2.40. The molecule has 0 saturated heterocycles. The topological polar surface area (TPSA) is 127 Å². The van der Waals surface area contributed by atoms with Crippen LogP contribution in [0.4, 0.5) is 0 Å². The molecule has 5 atom stereocenters. The SMILES string of the molecule is C=C(/C=C\C(C#N)=C/C)[C@@]12Oc3cc(Cl)cnc3[C@]1(O)[C@@H](C#N)[C@H](C(=O)O)[C@H]2c1ccccc1. The van der Waals surface area contributed by atoms with Gasteiger partial charge in [-0.1, -0.05) is 60.7 Å². The van der Waals surface area contributed by atoms with Gasteiger partial charge in [0.15, 0.2) is 11.2 Å². The molecule has 8 heteroatoms. The van der Waals surface area contributed by atoms with Gasteiger partial charge in [0, 0.05) is 23.8 Å². The zero-order valence-corrected chi connectivity index (χ0v) is 18.9. The number of ether oxygens (including phenoxy) is 1. The molecule has 1 aliphatic heterocycles. The van der Waals surface area contributed by atoms with Gasteiger partial charge >= 0.3 is 5.97 Å². The minimum Gasteiger partial charge on any atom is -0.481 e. The molecule has 2 heterocycles. The molecule has 170 valence electrons. The number of nitrogens with zero attached hydrogens (tertiary/aromatic N) is 3. The lowest BCUT2D eigenvalue weighted by Crippen LogP contribution is -2.54. The number of rotatable bonds is 5. The van der Waals surface area contributed by atoms with Crippen LogP contribution < -0.4 is 4.74 Å². The Morgan fingerprint density at radius 1 is 1.29 bits per heavy atom. The number of benzene rings is 1. The van der Waals surface area contributed by atoms with E-state index < -0.39 is 34.9 Å². The number of hydrogen-bond acceptors (Lipinski definition) is 6. The number of carboxylic acids is 1. The number of aliphatic hydroxyl groups is 1. The second-order valence-corrected chi connectivity index (χ2v) is 8.61. The van der Waals surface area contributed by atoms with Gasteiger partial charge in [-0.3, -0.25) is 9.78 Å². The summed E-state index contributed by atoms with van der Waals surface area (Å²) in [6.07, 6.45) is 5.91. The van der Waals surface area contributed by atoms with Crippen molar-refractivity contribution in [3.05, 3.63) is 94.8 Å². The van der Waals surface area contributed by atoms with Crippen molar-refractivity contribution in [3.63, 3.8) is 0 Å². The number of aliphatic carboxylic acids is 1.